The molecule has 0 radical (unpaired) electrons. The Bertz CT molecular complexity index is 928. The lowest BCUT2D eigenvalue weighted by Crippen LogP contribution is -2.48. The Morgan fingerprint density at radius 1 is 1.07 bits per heavy atom. The summed E-state index contributed by atoms with van der Waals surface area (Å²) in [6.45, 7) is 1.65. The first-order chi connectivity index (χ1) is 14.2. The van der Waals surface area contributed by atoms with Gasteiger partial charge in [0.15, 0.2) is 5.82 Å². The van der Waals surface area contributed by atoms with Crippen LogP contribution in [0.2, 0.25) is 0 Å². The monoisotopic (exact) mass is 392 g/mol. The van der Waals surface area contributed by atoms with E-state index in [1.807, 2.05) is 12.1 Å². The van der Waals surface area contributed by atoms with Crippen LogP contribution in [-0.2, 0) is 0 Å². The maximum absolute atomic E-state index is 13.1. The van der Waals surface area contributed by atoms with Crippen LogP contribution in [0.15, 0.2) is 36.5 Å². The van der Waals surface area contributed by atoms with Gasteiger partial charge in [-0.2, -0.15) is 0 Å². The van der Waals surface area contributed by atoms with Crippen LogP contribution in [-0.4, -0.2) is 47.1 Å². The molecular weight excluding hydrogens is 368 g/mol. The summed E-state index contributed by atoms with van der Waals surface area (Å²) in [5.74, 6) is 0.874. The number of nitrogens with one attached hydrogen (secondary N) is 2. The van der Waals surface area contributed by atoms with E-state index in [4.69, 9.17) is 0 Å². The highest BCUT2D eigenvalue weighted by atomic mass is 16.2. The van der Waals surface area contributed by atoms with Gasteiger partial charge >= 0.3 is 6.03 Å². The molecule has 2 bridgehead atoms. The predicted molar refractivity (Wildman–Crippen MR) is 110 cm³/mol. The van der Waals surface area contributed by atoms with E-state index in [-0.39, 0.29) is 24.0 Å². The molecule has 1 unspecified atom stereocenters. The molecule has 2 aromatic heterocycles. The molecule has 8 heteroatoms. The Morgan fingerprint density at radius 3 is 2.72 bits per heavy atom. The Balaban J connectivity index is 1.43. The number of hydrogen-bond donors (Lipinski definition) is 2. The number of amides is 3. The minimum Gasteiger partial charge on any atom is -0.366 e. The zero-order valence-electron chi connectivity index (χ0n) is 16.2. The third-order valence-corrected chi connectivity index (χ3v) is 5.99. The summed E-state index contributed by atoms with van der Waals surface area (Å²) in [7, 11) is 0. The van der Waals surface area contributed by atoms with Crippen molar-refractivity contribution in [1.82, 2.24) is 15.3 Å². The second-order valence-electron chi connectivity index (χ2n) is 7.90. The zero-order chi connectivity index (χ0) is 19.8. The van der Waals surface area contributed by atoms with Crippen molar-refractivity contribution in [3.8, 4) is 0 Å². The molecule has 4 heterocycles. The van der Waals surface area contributed by atoms with Gasteiger partial charge in [-0.05, 0) is 43.5 Å². The molecule has 3 amide bonds. The number of rotatable bonds is 3. The highest BCUT2D eigenvalue weighted by Gasteiger charge is 2.40. The molecule has 1 aliphatic carbocycles. The fourth-order valence-corrected chi connectivity index (χ4v) is 4.53. The molecule has 8 nitrogen and oxygen atoms in total. The molecule has 1 atom stereocenters. The maximum Gasteiger partial charge on any atom is 0.329 e. The third kappa shape index (κ3) is 3.39. The number of urea groups is 1. The van der Waals surface area contributed by atoms with Gasteiger partial charge in [0.2, 0.25) is 0 Å². The van der Waals surface area contributed by atoms with Crippen LogP contribution in [0.25, 0.3) is 0 Å². The average molecular weight is 392 g/mol. The zero-order valence-corrected chi connectivity index (χ0v) is 16.2. The van der Waals surface area contributed by atoms with E-state index in [1.54, 1.807) is 29.3 Å². The molecule has 0 spiro atoms. The van der Waals surface area contributed by atoms with Gasteiger partial charge in [0.05, 0.1) is 11.7 Å². The molecule has 2 aromatic rings. The van der Waals surface area contributed by atoms with Crippen LogP contribution < -0.4 is 20.4 Å². The second-order valence-corrected chi connectivity index (χ2v) is 7.90. The van der Waals surface area contributed by atoms with Gasteiger partial charge in [-0.1, -0.05) is 18.9 Å². The van der Waals surface area contributed by atoms with Crippen LogP contribution >= 0.6 is 0 Å². The van der Waals surface area contributed by atoms with Crippen molar-refractivity contribution >= 4 is 29.3 Å². The van der Waals surface area contributed by atoms with E-state index in [2.05, 4.69) is 25.5 Å². The van der Waals surface area contributed by atoms with E-state index < -0.39 is 0 Å². The van der Waals surface area contributed by atoms with Crippen LogP contribution in [0.3, 0.4) is 0 Å². The Hall–Kier alpha value is -3.16. The van der Waals surface area contributed by atoms with Crippen molar-refractivity contribution in [2.45, 2.75) is 44.2 Å². The standard InChI is InChI=1S/C21H24N6O2/c28-20(23-14-5-1-2-6-14)16-8-9-17-19(24-16)27(15-10-12-26(17)13-15)21(29)25-18-7-3-4-11-22-18/h3-4,7-9,11,14-15H,1-2,5-6,10,12-13H2,(H,23,28)(H,22,25,29). The van der Waals surface area contributed by atoms with Crippen molar-refractivity contribution in [1.29, 1.82) is 0 Å². The summed E-state index contributed by atoms with van der Waals surface area (Å²) in [6, 6.07) is 9.05. The van der Waals surface area contributed by atoms with E-state index >= 15 is 0 Å². The molecule has 2 N–H and O–H groups in total. The van der Waals surface area contributed by atoms with Crippen molar-refractivity contribution in [2.75, 3.05) is 28.2 Å². The lowest BCUT2D eigenvalue weighted by Gasteiger charge is -2.35. The van der Waals surface area contributed by atoms with Gasteiger partial charge in [-0.25, -0.2) is 14.8 Å². The quantitative estimate of drug-likeness (QED) is 0.838. The number of nitrogens with zero attached hydrogens (tertiary/aromatic N) is 4. The first-order valence-electron chi connectivity index (χ1n) is 10.3. The molecule has 2 aliphatic heterocycles. The number of fused-ring (bicyclic) bond motifs is 4. The summed E-state index contributed by atoms with van der Waals surface area (Å²) in [4.78, 5) is 38.5. The number of aromatic nitrogens is 2. The highest BCUT2D eigenvalue weighted by Crippen LogP contribution is 2.39. The summed E-state index contributed by atoms with van der Waals surface area (Å²) < 4.78 is 0. The molecule has 1 saturated carbocycles. The Morgan fingerprint density at radius 2 is 1.93 bits per heavy atom. The Kier molecular flexibility index (Phi) is 4.54. The number of carbonyl (C=O) groups excluding carboxylic acids is 2. The van der Waals surface area contributed by atoms with E-state index in [0.29, 0.717) is 17.3 Å². The number of pyridine rings is 2. The molecule has 3 aliphatic rings. The fourth-order valence-electron chi connectivity index (χ4n) is 4.53. The van der Waals surface area contributed by atoms with Crippen molar-refractivity contribution in [2.24, 2.45) is 0 Å². The largest absolute Gasteiger partial charge is 0.366 e. The first kappa shape index (κ1) is 17.9. The maximum atomic E-state index is 13.1. The molecule has 150 valence electrons. The van der Waals surface area contributed by atoms with Gasteiger partial charge in [-0.3, -0.25) is 15.0 Å². The summed E-state index contributed by atoms with van der Waals surface area (Å²) in [5.41, 5.74) is 1.25. The SMILES string of the molecule is O=C(NC1CCCC1)c1ccc2c(n1)N(C(=O)Nc1ccccn1)C1CCN2C1. The summed E-state index contributed by atoms with van der Waals surface area (Å²) in [5, 5.41) is 5.94. The van der Waals surface area contributed by atoms with Gasteiger partial charge in [0.25, 0.3) is 5.91 Å². The van der Waals surface area contributed by atoms with Gasteiger partial charge in [-0.15, -0.1) is 0 Å². The van der Waals surface area contributed by atoms with Gasteiger partial charge in [0, 0.05) is 25.3 Å². The third-order valence-electron chi connectivity index (χ3n) is 5.99. The van der Waals surface area contributed by atoms with Crippen molar-refractivity contribution in [3.63, 3.8) is 0 Å². The molecule has 5 rings (SSSR count). The first-order valence-corrected chi connectivity index (χ1v) is 10.3. The van der Waals surface area contributed by atoms with Crippen molar-refractivity contribution < 1.29 is 9.59 Å². The summed E-state index contributed by atoms with van der Waals surface area (Å²) in [6.07, 6.45) is 6.86. The second kappa shape index (κ2) is 7.35. The fraction of sp³-hybridized carbons (Fsp3) is 0.429. The number of anilines is 3. The van der Waals surface area contributed by atoms with E-state index in [9.17, 15) is 9.59 Å². The van der Waals surface area contributed by atoms with Gasteiger partial charge < -0.3 is 10.2 Å². The minimum atomic E-state index is -0.266. The minimum absolute atomic E-state index is 0.0341. The summed E-state index contributed by atoms with van der Waals surface area (Å²) >= 11 is 0. The molecular formula is C21H24N6O2. The molecule has 2 fully saturated rings. The number of hydrogen-bond acceptors (Lipinski definition) is 5. The topological polar surface area (TPSA) is 90.5 Å². The van der Waals surface area contributed by atoms with Crippen LogP contribution in [0.5, 0.6) is 0 Å². The highest BCUT2D eigenvalue weighted by molar-refractivity contribution is 6.05. The number of carbonyl (C=O) groups is 2. The predicted octanol–water partition coefficient (Wildman–Crippen LogP) is 2.78. The molecule has 29 heavy (non-hydrogen) atoms. The molecule has 1 saturated heterocycles. The Labute approximate surface area is 169 Å². The van der Waals surface area contributed by atoms with Crippen LogP contribution in [0.1, 0.15) is 42.6 Å². The lowest BCUT2D eigenvalue weighted by atomic mass is 10.1. The lowest BCUT2D eigenvalue weighted by molar-refractivity contribution is 0.0933. The van der Waals surface area contributed by atoms with Gasteiger partial charge in [0.1, 0.15) is 11.5 Å². The molecule has 0 aromatic carbocycles. The van der Waals surface area contributed by atoms with Crippen molar-refractivity contribution in [3.05, 3.63) is 42.2 Å². The van der Waals surface area contributed by atoms with Crippen LogP contribution in [0.4, 0.5) is 22.1 Å². The van der Waals surface area contributed by atoms with E-state index in [1.165, 1.54) is 0 Å². The van der Waals surface area contributed by atoms with Crippen LogP contribution in [0, 0.1) is 0 Å². The average Bonchev–Trinajstić information content (AvgIpc) is 3.39. The normalized spacial score (nSPS) is 20.5. The smallest absolute Gasteiger partial charge is 0.329 e. The van der Waals surface area contributed by atoms with E-state index in [0.717, 1.165) is 50.9 Å².